The van der Waals surface area contributed by atoms with Gasteiger partial charge in [-0.1, -0.05) is 19.1 Å². The van der Waals surface area contributed by atoms with Crippen LogP contribution in [0.25, 0.3) is 0 Å². The lowest BCUT2D eigenvalue weighted by molar-refractivity contribution is -0.149. The van der Waals surface area contributed by atoms with E-state index < -0.39 is 5.54 Å². The fourth-order valence-electron chi connectivity index (χ4n) is 2.47. The van der Waals surface area contributed by atoms with Gasteiger partial charge in [0.05, 0.1) is 13.7 Å². The zero-order valence-corrected chi connectivity index (χ0v) is 12.8. The van der Waals surface area contributed by atoms with Crippen molar-refractivity contribution in [2.45, 2.75) is 32.2 Å². The summed E-state index contributed by atoms with van der Waals surface area (Å²) < 4.78 is 5.12. The van der Waals surface area contributed by atoms with Gasteiger partial charge in [0.2, 0.25) is 11.8 Å². The molecule has 2 amide bonds. The molecule has 0 radical (unpaired) electrons. The second-order valence-corrected chi connectivity index (χ2v) is 5.56. The summed E-state index contributed by atoms with van der Waals surface area (Å²) in [6.07, 6.45) is 1.32. The van der Waals surface area contributed by atoms with E-state index in [1.165, 1.54) is 0 Å². The number of piperazine rings is 1. The molecule has 2 rings (SSSR count). The maximum Gasteiger partial charge on any atom is 0.248 e. The number of nitrogens with zero attached hydrogens (tertiary/aromatic N) is 1. The molecule has 1 aromatic carbocycles. The van der Waals surface area contributed by atoms with E-state index in [9.17, 15) is 9.59 Å². The van der Waals surface area contributed by atoms with Gasteiger partial charge in [-0.05, 0) is 37.5 Å². The van der Waals surface area contributed by atoms with Crippen LogP contribution >= 0.6 is 0 Å². The van der Waals surface area contributed by atoms with Gasteiger partial charge >= 0.3 is 0 Å². The molecule has 0 bridgehead atoms. The van der Waals surface area contributed by atoms with Crippen LogP contribution in [-0.2, 0) is 16.0 Å². The molecule has 0 aliphatic carbocycles. The molecular formula is C16H22N2O3. The van der Waals surface area contributed by atoms with Crippen molar-refractivity contribution in [3.63, 3.8) is 0 Å². The highest BCUT2D eigenvalue weighted by molar-refractivity contribution is 5.97. The molecule has 1 unspecified atom stereocenters. The van der Waals surface area contributed by atoms with E-state index in [2.05, 4.69) is 5.32 Å². The summed E-state index contributed by atoms with van der Waals surface area (Å²) in [5.74, 6) is 0.720. The van der Waals surface area contributed by atoms with Gasteiger partial charge in [0, 0.05) is 6.54 Å². The standard InChI is InChI=1S/C16H22N2O3/c1-4-16(2)15(20)18(11-14(19)17-16)10-9-12-5-7-13(21-3)8-6-12/h5-8H,4,9-11H2,1-3H3,(H,17,19). The first kappa shape index (κ1) is 15.4. The van der Waals surface area contributed by atoms with Gasteiger partial charge in [0.15, 0.2) is 0 Å². The minimum atomic E-state index is -0.769. The normalized spacial score (nSPS) is 22.1. The number of methoxy groups -OCH3 is 1. The molecule has 1 heterocycles. The molecule has 1 N–H and O–H groups in total. The molecule has 0 aromatic heterocycles. The summed E-state index contributed by atoms with van der Waals surface area (Å²) in [7, 11) is 1.63. The summed E-state index contributed by atoms with van der Waals surface area (Å²) in [4.78, 5) is 25.8. The third-order valence-corrected chi connectivity index (χ3v) is 4.05. The van der Waals surface area contributed by atoms with Crippen LogP contribution in [0.4, 0.5) is 0 Å². The lowest BCUT2D eigenvalue weighted by Crippen LogP contribution is -2.65. The lowest BCUT2D eigenvalue weighted by Gasteiger charge is -2.39. The Morgan fingerprint density at radius 3 is 2.52 bits per heavy atom. The zero-order chi connectivity index (χ0) is 15.5. The highest BCUT2D eigenvalue weighted by Gasteiger charge is 2.41. The first-order valence-corrected chi connectivity index (χ1v) is 7.22. The van der Waals surface area contributed by atoms with Crippen LogP contribution < -0.4 is 10.1 Å². The fourth-order valence-corrected chi connectivity index (χ4v) is 2.47. The number of hydrogen-bond acceptors (Lipinski definition) is 3. The Balaban J connectivity index is 2.01. The molecule has 1 saturated heterocycles. The molecule has 114 valence electrons. The molecule has 21 heavy (non-hydrogen) atoms. The van der Waals surface area contributed by atoms with Crippen molar-refractivity contribution in [2.24, 2.45) is 0 Å². The Hall–Kier alpha value is -2.04. The molecule has 1 aromatic rings. The number of carbonyl (C=O) groups is 2. The second kappa shape index (κ2) is 6.16. The SMILES string of the molecule is CCC1(C)NC(=O)CN(CCc2ccc(OC)cc2)C1=O. The van der Waals surface area contributed by atoms with Crippen molar-refractivity contribution in [1.82, 2.24) is 10.2 Å². The molecule has 5 nitrogen and oxygen atoms in total. The monoisotopic (exact) mass is 290 g/mol. The van der Waals surface area contributed by atoms with Crippen molar-refractivity contribution in [3.05, 3.63) is 29.8 Å². The Morgan fingerprint density at radius 1 is 1.29 bits per heavy atom. The maximum absolute atomic E-state index is 12.4. The van der Waals surface area contributed by atoms with Gasteiger partial charge in [-0.3, -0.25) is 9.59 Å². The number of nitrogens with one attached hydrogen (secondary N) is 1. The van der Waals surface area contributed by atoms with E-state index in [-0.39, 0.29) is 18.4 Å². The molecule has 1 aliphatic rings. The van der Waals surface area contributed by atoms with Crippen molar-refractivity contribution >= 4 is 11.8 Å². The van der Waals surface area contributed by atoms with Crippen LogP contribution in [0.1, 0.15) is 25.8 Å². The Labute approximate surface area is 125 Å². The third-order valence-electron chi connectivity index (χ3n) is 4.05. The van der Waals surface area contributed by atoms with Gasteiger partial charge < -0.3 is 15.0 Å². The highest BCUT2D eigenvalue weighted by atomic mass is 16.5. The van der Waals surface area contributed by atoms with Crippen LogP contribution in [0.15, 0.2) is 24.3 Å². The highest BCUT2D eigenvalue weighted by Crippen LogP contribution is 2.18. The molecule has 1 aliphatic heterocycles. The largest absolute Gasteiger partial charge is 0.497 e. The molecule has 0 saturated carbocycles. The smallest absolute Gasteiger partial charge is 0.248 e. The number of benzene rings is 1. The Morgan fingerprint density at radius 2 is 1.95 bits per heavy atom. The first-order valence-electron chi connectivity index (χ1n) is 7.22. The minimum Gasteiger partial charge on any atom is -0.497 e. The number of hydrogen-bond donors (Lipinski definition) is 1. The van der Waals surface area contributed by atoms with Gasteiger partial charge in [-0.15, -0.1) is 0 Å². The van der Waals surface area contributed by atoms with E-state index in [1.807, 2.05) is 31.2 Å². The Bertz CT molecular complexity index is 527. The topological polar surface area (TPSA) is 58.6 Å². The van der Waals surface area contributed by atoms with E-state index in [4.69, 9.17) is 4.74 Å². The first-order chi connectivity index (χ1) is 9.98. The average molecular weight is 290 g/mol. The number of ether oxygens (including phenoxy) is 1. The van der Waals surface area contributed by atoms with Gasteiger partial charge in [-0.2, -0.15) is 0 Å². The van der Waals surface area contributed by atoms with Crippen molar-refractivity contribution < 1.29 is 14.3 Å². The number of rotatable bonds is 5. The minimum absolute atomic E-state index is 0.00175. The molecule has 1 fully saturated rings. The summed E-state index contributed by atoms with van der Waals surface area (Å²) in [6.45, 7) is 4.39. The predicted molar refractivity (Wildman–Crippen MR) is 80.1 cm³/mol. The molecule has 5 heteroatoms. The van der Waals surface area contributed by atoms with Crippen LogP contribution in [-0.4, -0.2) is 42.5 Å². The molecule has 1 atom stereocenters. The molecule has 0 spiro atoms. The van der Waals surface area contributed by atoms with Crippen molar-refractivity contribution in [1.29, 1.82) is 0 Å². The van der Waals surface area contributed by atoms with E-state index >= 15 is 0 Å². The van der Waals surface area contributed by atoms with Crippen molar-refractivity contribution in [3.8, 4) is 5.75 Å². The van der Waals surface area contributed by atoms with Gasteiger partial charge in [0.25, 0.3) is 0 Å². The molecular weight excluding hydrogens is 268 g/mol. The van der Waals surface area contributed by atoms with E-state index in [0.29, 0.717) is 13.0 Å². The lowest BCUT2D eigenvalue weighted by atomic mass is 9.94. The quantitative estimate of drug-likeness (QED) is 0.891. The number of amides is 2. The van der Waals surface area contributed by atoms with Crippen LogP contribution in [0.2, 0.25) is 0 Å². The average Bonchev–Trinajstić information content (AvgIpc) is 2.50. The predicted octanol–water partition coefficient (Wildman–Crippen LogP) is 1.36. The second-order valence-electron chi connectivity index (χ2n) is 5.56. The van der Waals surface area contributed by atoms with E-state index in [1.54, 1.807) is 18.9 Å². The van der Waals surface area contributed by atoms with Crippen LogP contribution in [0, 0.1) is 0 Å². The van der Waals surface area contributed by atoms with Gasteiger partial charge in [-0.25, -0.2) is 0 Å². The van der Waals surface area contributed by atoms with E-state index in [0.717, 1.165) is 17.7 Å². The van der Waals surface area contributed by atoms with Crippen molar-refractivity contribution in [2.75, 3.05) is 20.2 Å². The zero-order valence-electron chi connectivity index (χ0n) is 12.8. The number of carbonyl (C=O) groups excluding carboxylic acids is 2. The summed E-state index contributed by atoms with van der Waals surface area (Å²) in [5, 5.41) is 2.79. The Kier molecular flexibility index (Phi) is 4.50. The summed E-state index contributed by atoms with van der Waals surface area (Å²) in [5.41, 5.74) is 0.350. The maximum atomic E-state index is 12.4. The summed E-state index contributed by atoms with van der Waals surface area (Å²) in [6, 6.07) is 7.76. The summed E-state index contributed by atoms with van der Waals surface area (Å²) >= 11 is 0. The fraction of sp³-hybridized carbons (Fsp3) is 0.500. The van der Waals surface area contributed by atoms with Crippen LogP contribution in [0.3, 0.4) is 0 Å². The van der Waals surface area contributed by atoms with Gasteiger partial charge in [0.1, 0.15) is 11.3 Å². The van der Waals surface area contributed by atoms with Crippen LogP contribution in [0.5, 0.6) is 5.75 Å². The third kappa shape index (κ3) is 3.35.